The van der Waals surface area contributed by atoms with Crippen LogP contribution in [0.2, 0.25) is 0 Å². The second kappa shape index (κ2) is 4.33. The Morgan fingerprint density at radius 3 is 2.12 bits per heavy atom. The summed E-state index contributed by atoms with van der Waals surface area (Å²) in [5.41, 5.74) is -1.01. The molecule has 3 nitrogen and oxygen atoms in total. The van der Waals surface area contributed by atoms with Gasteiger partial charge in [-0.1, -0.05) is 0 Å². The Hall–Kier alpha value is -1.04. The molecule has 0 saturated carbocycles. The Morgan fingerprint density at radius 1 is 1.29 bits per heavy atom. The Labute approximate surface area is 99.0 Å². The van der Waals surface area contributed by atoms with E-state index in [9.17, 15) is 13.2 Å². The molecule has 98 valence electrons. The highest BCUT2D eigenvalue weighted by Gasteiger charge is 2.38. The number of alkyl halides is 3. The van der Waals surface area contributed by atoms with Gasteiger partial charge in [0.05, 0.1) is 11.2 Å². The molecule has 0 radical (unpaired) electrons. The molecule has 0 aromatic carbocycles. The van der Waals surface area contributed by atoms with E-state index in [1.54, 1.807) is 34.7 Å². The van der Waals surface area contributed by atoms with Gasteiger partial charge in [0.15, 0.2) is 0 Å². The predicted molar refractivity (Wildman–Crippen MR) is 59.7 cm³/mol. The number of aromatic nitrogens is 2. The van der Waals surface area contributed by atoms with Gasteiger partial charge in [0.1, 0.15) is 5.69 Å². The summed E-state index contributed by atoms with van der Waals surface area (Å²) in [7, 11) is 1.69. The molecule has 17 heavy (non-hydrogen) atoms. The van der Waals surface area contributed by atoms with E-state index in [2.05, 4.69) is 10.4 Å². The van der Waals surface area contributed by atoms with E-state index in [1.165, 1.54) is 0 Å². The van der Waals surface area contributed by atoms with Crippen molar-refractivity contribution in [2.75, 3.05) is 7.05 Å². The Balaban J connectivity index is 3.32. The average molecular weight is 249 g/mol. The Morgan fingerprint density at radius 2 is 1.82 bits per heavy atom. The lowest BCUT2D eigenvalue weighted by atomic mass is 10.1. The van der Waals surface area contributed by atoms with Crippen molar-refractivity contribution in [1.82, 2.24) is 15.1 Å². The summed E-state index contributed by atoms with van der Waals surface area (Å²) in [5.74, 6) is 0. The minimum absolute atomic E-state index is 0.209. The first-order valence-electron chi connectivity index (χ1n) is 5.42. The molecule has 1 rings (SSSR count). The predicted octanol–water partition coefficient (Wildman–Crippen LogP) is 2.94. The van der Waals surface area contributed by atoms with Gasteiger partial charge in [-0.25, -0.2) is 0 Å². The first-order valence-corrected chi connectivity index (χ1v) is 5.42. The molecule has 0 spiro atoms. The molecule has 6 heteroatoms. The Kier molecular flexibility index (Phi) is 3.57. The molecular weight excluding hydrogens is 231 g/mol. The third kappa shape index (κ3) is 3.00. The maximum atomic E-state index is 12.9. The molecule has 0 fully saturated rings. The average Bonchev–Trinajstić information content (AvgIpc) is 2.59. The normalized spacial score (nSPS) is 15.1. The van der Waals surface area contributed by atoms with E-state index in [0.29, 0.717) is 5.69 Å². The summed E-state index contributed by atoms with van der Waals surface area (Å²) in [5, 5.41) is 6.93. The molecule has 0 aliphatic carbocycles. The maximum absolute atomic E-state index is 12.9. The third-order valence-corrected chi connectivity index (χ3v) is 2.53. The van der Waals surface area contributed by atoms with E-state index in [0.717, 1.165) is 10.7 Å². The van der Waals surface area contributed by atoms with Crippen LogP contribution in [0.15, 0.2) is 6.07 Å². The fourth-order valence-electron chi connectivity index (χ4n) is 1.47. The molecule has 0 saturated heterocycles. The van der Waals surface area contributed by atoms with Gasteiger partial charge in [0.25, 0.3) is 0 Å². The highest BCUT2D eigenvalue weighted by atomic mass is 19.4. The quantitative estimate of drug-likeness (QED) is 0.873. The fraction of sp³-hybridized carbons (Fsp3) is 0.727. The zero-order valence-corrected chi connectivity index (χ0v) is 10.7. The highest BCUT2D eigenvalue weighted by Crippen LogP contribution is 2.33. The van der Waals surface area contributed by atoms with Gasteiger partial charge in [-0.05, 0) is 40.8 Å². The van der Waals surface area contributed by atoms with E-state index in [-0.39, 0.29) is 6.04 Å². The van der Waals surface area contributed by atoms with Crippen LogP contribution in [0.1, 0.15) is 45.1 Å². The molecule has 1 unspecified atom stereocenters. The standard InChI is InChI=1S/C11H18F3N3/c1-7(15-5)8-6-9(11(12,13)14)17(16-8)10(2,3)4/h6-7,15H,1-5H3. The smallest absolute Gasteiger partial charge is 0.312 e. The molecule has 1 aromatic heterocycles. The second-order valence-electron chi connectivity index (χ2n) is 5.05. The number of nitrogens with one attached hydrogen (secondary N) is 1. The van der Waals surface area contributed by atoms with E-state index in [4.69, 9.17) is 0 Å². The minimum atomic E-state index is -4.38. The van der Waals surface area contributed by atoms with Crippen molar-refractivity contribution in [3.8, 4) is 0 Å². The van der Waals surface area contributed by atoms with Crippen molar-refractivity contribution in [1.29, 1.82) is 0 Å². The van der Waals surface area contributed by atoms with Crippen LogP contribution in [-0.2, 0) is 11.7 Å². The van der Waals surface area contributed by atoms with Crippen molar-refractivity contribution < 1.29 is 13.2 Å². The van der Waals surface area contributed by atoms with Crippen LogP contribution in [0.3, 0.4) is 0 Å². The van der Waals surface area contributed by atoms with Crippen LogP contribution in [0.25, 0.3) is 0 Å². The first-order chi connectivity index (χ1) is 7.57. The van der Waals surface area contributed by atoms with Gasteiger partial charge in [-0.3, -0.25) is 4.68 Å². The lowest BCUT2D eigenvalue weighted by Crippen LogP contribution is -2.28. The van der Waals surface area contributed by atoms with E-state index >= 15 is 0 Å². The monoisotopic (exact) mass is 249 g/mol. The SMILES string of the molecule is CNC(C)c1cc(C(F)(F)F)n(C(C)(C)C)n1. The fourth-order valence-corrected chi connectivity index (χ4v) is 1.47. The van der Waals surface area contributed by atoms with Crippen LogP contribution in [-0.4, -0.2) is 16.8 Å². The number of rotatable bonds is 2. The molecule has 1 heterocycles. The number of halogens is 3. The van der Waals surface area contributed by atoms with Crippen molar-refractivity contribution in [2.24, 2.45) is 0 Å². The minimum Gasteiger partial charge on any atom is -0.312 e. The number of nitrogens with zero attached hydrogens (tertiary/aromatic N) is 2. The van der Waals surface area contributed by atoms with E-state index < -0.39 is 17.4 Å². The summed E-state index contributed by atoms with van der Waals surface area (Å²) in [4.78, 5) is 0. The van der Waals surface area contributed by atoms with Crippen molar-refractivity contribution in [3.05, 3.63) is 17.5 Å². The van der Waals surface area contributed by atoms with Gasteiger partial charge in [0, 0.05) is 6.04 Å². The molecule has 1 N–H and O–H groups in total. The molecule has 0 amide bonds. The summed E-state index contributed by atoms with van der Waals surface area (Å²) < 4.78 is 39.7. The topological polar surface area (TPSA) is 29.9 Å². The largest absolute Gasteiger partial charge is 0.433 e. The Bertz CT molecular complexity index is 356. The van der Waals surface area contributed by atoms with Crippen molar-refractivity contribution in [3.63, 3.8) is 0 Å². The summed E-state index contributed by atoms with van der Waals surface area (Å²) >= 11 is 0. The van der Waals surface area contributed by atoms with Gasteiger partial charge in [-0.2, -0.15) is 18.3 Å². The van der Waals surface area contributed by atoms with Gasteiger partial charge < -0.3 is 5.32 Å². The van der Waals surface area contributed by atoms with Gasteiger partial charge in [0.2, 0.25) is 0 Å². The zero-order valence-electron chi connectivity index (χ0n) is 10.7. The van der Waals surface area contributed by atoms with Crippen LogP contribution >= 0.6 is 0 Å². The van der Waals surface area contributed by atoms with Gasteiger partial charge in [-0.15, -0.1) is 0 Å². The zero-order chi connectivity index (χ0) is 13.4. The van der Waals surface area contributed by atoms with Gasteiger partial charge >= 0.3 is 6.18 Å². The number of hydrogen-bond donors (Lipinski definition) is 1. The lowest BCUT2D eigenvalue weighted by molar-refractivity contribution is -0.146. The molecular formula is C11H18F3N3. The molecule has 0 aliphatic rings. The molecule has 0 aliphatic heterocycles. The van der Waals surface area contributed by atoms with Crippen LogP contribution in [0.5, 0.6) is 0 Å². The second-order valence-corrected chi connectivity index (χ2v) is 5.05. The summed E-state index contributed by atoms with van der Waals surface area (Å²) in [6.07, 6.45) is -4.38. The van der Waals surface area contributed by atoms with E-state index in [1.807, 2.05) is 0 Å². The summed E-state index contributed by atoms with van der Waals surface area (Å²) in [6.45, 7) is 6.87. The lowest BCUT2D eigenvalue weighted by Gasteiger charge is -2.23. The summed E-state index contributed by atoms with van der Waals surface area (Å²) in [6, 6.07) is 0.895. The van der Waals surface area contributed by atoms with Crippen LogP contribution in [0, 0.1) is 0 Å². The van der Waals surface area contributed by atoms with Crippen molar-refractivity contribution >= 4 is 0 Å². The van der Waals surface area contributed by atoms with Crippen molar-refractivity contribution in [2.45, 2.75) is 45.5 Å². The van der Waals surface area contributed by atoms with Crippen LogP contribution in [0.4, 0.5) is 13.2 Å². The first kappa shape index (κ1) is 14.0. The molecule has 1 aromatic rings. The maximum Gasteiger partial charge on any atom is 0.433 e. The molecule has 0 bridgehead atoms. The van der Waals surface area contributed by atoms with Crippen LogP contribution < -0.4 is 5.32 Å². The third-order valence-electron chi connectivity index (χ3n) is 2.53. The number of hydrogen-bond acceptors (Lipinski definition) is 2. The molecule has 1 atom stereocenters. The highest BCUT2D eigenvalue weighted by molar-refractivity contribution is 5.17.